The second-order valence-electron chi connectivity index (χ2n) is 5.74. The van der Waals surface area contributed by atoms with Gasteiger partial charge in [0.1, 0.15) is 0 Å². The molecule has 1 saturated carbocycles. The van der Waals surface area contributed by atoms with Gasteiger partial charge in [0.15, 0.2) is 0 Å². The first-order valence-electron chi connectivity index (χ1n) is 7.59. The smallest absolute Gasteiger partial charge is 0.0607 e. The minimum Gasteiger partial charge on any atom is -0.306 e. The first-order valence-corrected chi connectivity index (χ1v) is 7.59. The zero-order valence-corrected chi connectivity index (χ0v) is 12.3. The predicted molar refractivity (Wildman–Crippen MR) is 81.8 cm³/mol. The van der Waals surface area contributed by atoms with Crippen LogP contribution in [0.25, 0.3) is 0 Å². The van der Waals surface area contributed by atoms with Crippen molar-refractivity contribution < 1.29 is 0 Å². The molecule has 1 unspecified atom stereocenters. The van der Waals surface area contributed by atoms with Crippen molar-refractivity contribution in [3.8, 4) is 0 Å². The molecule has 0 saturated heterocycles. The van der Waals surface area contributed by atoms with Crippen LogP contribution in [0.2, 0.25) is 0 Å². The molecule has 0 bridgehead atoms. The van der Waals surface area contributed by atoms with Gasteiger partial charge in [0.25, 0.3) is 0 Å². The lowest BCUT2D eigenvalue weighted by molar-refractivity contribution is 0.419. The second kappa shape index (κ2) is 5.80. The quantitative estimate of drug-likeness (QED) is 0.901. The zero-order valence-electron chi connectivity index (χ0n) is 12.3. The predicted octanol–water partition coefficient (Wildman–Crippen LogP) is 3.39. The standard InChI is InChI=1S/C17H23N3/c1-3-18-17(16-11-19-20(2)12-16)15-9-5-8-14(10-15)13-6-4-7-13/h5,8-13,17-18H,3-4,6-7H2,1-2H3. The highest BCUT2D eigenvalue weighted by atomic mass is 15.2. The summed E-state index contributed by atoms with van der Waals surface area (Å²) >= 11 is 0. The summed E-state index contributed by atoms with van der Waals surface area (Å²) in [6, 6.07) is 9.32. The van der Waals surface area contributed by atoms with Crippen LogP contribution in [0.4, 0.5) is 0 Å². The first-order chi connectivity index (χ1) is 9.78. The van der Waals surface area contributed by atoms with Gasteiger partial charge < -0.3 is 5.32 Å². The molecule has 1 fully saturated rings. The maximum absolute atomic E-state index is 4.31. The Balaban J connectivity index is 1.90. The molecule has 1 aliphatic carbocycles. The van der Waals surface area contributed by atoms with Crippen molar-refractivity contribution >= 4 is 0 Å². The van der Waals surface area contributed by atoms with Gasteiger partial charge in [0, 0.05) is 18.8 Å². The molecule has 3 rings (SSSR count). The molecule has 0 amide bonds. The zero-order chi connectivity index (χ0) is 13.9. The van der Waals surface area contributed by atoms with Gasteiger partial charge >= 0.3 is 0 Å². The Morgan fingerprint density at radius 3 is 2.80 bits per heavy atom. The third-order valence-corrected chi connectivity index (χ3v) is 4.29. The summed E-state index contributed by atoms with van der Waals surface area (Å²) in [7, 11) is 1.97. The summed E-state index contributed by atoms with van der Waals surface area (Å²) < 4.78 is 1.87. The number of aromatic nitrogens is 2. The summed E-state index contributed by atoms with van der Waals surface area (Å²) in [5.74, 6) is 0.783. The van der Waals surface area contributed by atoms with Gasteiger partial charge in [-0.15, -0.1) is 0 Å². The van der Waals surface area contributed by atoms with Crippen molar-refractivity contribution in [1.29, 1.82) is 0 Å². The van der Waals surface area contributed by atoms with E-state index in [0.29, 0.717) is 0 Å². The lowest BCUT2D eigenvalue weighted by atomic mass is 9.79. The van der Waals surface area contributed by atoms with Crippen LogP contribution in [0, 0.1) is 0 Å². The van der Waals surface area contributed by atoms with Crippen LogP contribution < -0.4 is 5.32 Å². The van der Waals surface area contributed by atoms with Crippen molar-refractivity contribution in [1.82, 2.24) is 15.1 Å². The van der Waals surface area contributed by atoms with Gasteiger partial charge in [-0.2, -0.15) is 5.10 Å². The molecule has 1 atom stereocenters. The van der Waals surface area contributed by atoms with E-state index in [4.69, 9.17) is 0 Å². The van der Waals surface area contributed by atoms with E-state index in [9.17, 15) is 0 Å². The van der Waals surface area contributed by atoms with Crippen molar-refractivity contribution in [3.05, 3.63) is 53.3 Å². The molecular weight excluding hydrogens is 246 g/mol. The van der Waals surface area contributed by atoms with Crippen molar-refractivity contribution in [2.75, 3.05) is 6.54 Å². The highest BCUT2D eigenvalue weighted by Crippen LogP contribution is 2.37. The highest BCUT2D eigenvalue weighted by Gasteiger charge is 2.21. The maximum atomic E-state index is 4.31. The molecule has 0 aliphatic heterocycles. The Morgan fingerprint density at radius 1 is 1.35 bits per heavy atom. The second-order valence-corrected chi connectivity index (χ2v) is 5.74. The lowest BCUT2D eigenvalue weighted by Gasteiger charge is -2.27. The third-order valence-electron chi connectivity index (χ3n) is 4.29. The molecule has 1 heterocycles. The van der Waals surface area contributed by atoms with E-state index >= 15 is 0 Å². The number of aryl methyl sites for hydroxylation is 1. The Morgan fingerprint density at radius 2 is 2.20 bits per heavy atom. The first kappa shape index (κ1) is 13.4. The number of hydrogen-bond donors (Lipinski definition) is 1. The normalized spacial score (nSPS) is 16.9. The van der Waals surface area contributed by atoms with Crippen LogP contribution in [-0.2, 0) is 7.05 Å². The number of hydrogen-bond acceptors (Lipinski definition) is 2. The Labute approximate surface area is 121 Å². The van der Waals surface area contributed by atoms with Gasteiger partial charge in [0.05, 0.1) is 12.2 Å². The van der Waals surface area contributed by atoms with Crippen LogP contribution in [0.1, 0.15) is 54.8 Å². The van der Waals surface area contributed by atoms with Crippen LogP contribution in [0.5, 0.6) is 0 Å². The van der Waals surface area contributed by atoms with Crippen molar-refractivity contribution in [3.63, 3.8) is 0 Å². The number of nitrogens with zero attached hydrogens (tertiary/aromatic N) is 2. The van der Waals surface area contributed by atoms with Crippen LogP contribution in [-0.4, -0.2) is 16.3 Å². The molecule has 106 valence electrons. The molecule has 3 heteroatoms. The van der Waals surface area contributed by atoms with Gasteiger partial charge in [-0.25, -0.2) is 0 Å². The molecule has 2 aromatic rings. The SMILES string of the molecule is CCNC(c1cccc(C2CCC2)c1)c1cnn(C)c1. The van der Waals surface area contributed by atoms with E-state index in [-0.39, 0.29) is 6.04 Å². The lowest BCUT2D eigenvalue weighted by Crippen LogP contribution is -2.22. The topological polar surface area (TPSA) is 29.9 Å². The van der Waals surface area contributed by atoms with E-state index in [1.807, 2.05) is 17.9 Å². The fourth-order valence-electron chi connectivity index (χ4n) is 2.96. The number of rotatable bonds is 5. The van der Waals surface area contributed by atoms with E-state index in [2.05, 4.69) is 47.8 Å². The van der Waals surface area contributed by atoms with Crippen molar-refractivity contribution in [2.24, 2.45) is 7.05 Å². The summed E-state index contributed by atoms with van der Waals surface area (Å²) in [4.78, 5) is 0. The monoisotopic (exact) mass is 269 g/mol. The largest absolute Gasteiger partial charge is 0.306 e. The summed E-state index contributed by atoms with van der Waals surface area (Å²) in [5, 5.41) is 7.88. The third kappa shape index (κ3) is 2.63. The van der Waals surface area contributed by atoms with E-state index < -0.39 is 0 Å². The highest BCUT2D eigenvalue weighted by molar-refractivity contribution is 5.34. The molecule has 1 aromatic heterocycles. The van der Waals surface area contributed by atoms with Gasteiger partial charge in [-0.05, 0) is 36.4 Å². The molecule has 20 heavy (non-hydrogen) atoms. The fourth-order valence-corrected chi connectivity index (χ4v) is 2.96. The molecule has 0 radical (unpaired) electrons. The molecule has 1 N–H and O–H groups in total. The minimum absolute atomic E-state index is 0.244. The fraction of sp³-hybridized carbons (Fsp3) is 0.471. The molecule has 1 aliphatic rings. The molecule has 1 aromatic carbocycles. The Bertz CT molecular complexity index is 569. The molecular formula is C17H23N3. The van der Waals surface area contributed by atoms with Crippen LogP contribution in [0.3, 0.4) is 0 Å². The molecule has 3 nitrogen and oxygen atoms in total. The Hall–Kier alpha value is -1.61. The van der Waals surface area contributed by atoms with Gasteiger partial charge in [-0.1, -0.05) is 37.6 Å². The minimum atomic E-state index is 0.244. The molecule has 0 spiro atoms. The summed E-state index contributed by atoms with van der Waals surface area (Å²) in [6.45, 7) is 3.10. The number of nitrogens with one attached hydrogen (secondary N) is 1. The van der Waals surface area contributed by atoms with Crippen molar-refractivity contribution in [2.45, 2.75) is 38.1 Å². The summed E-state index contributed by atoms with van der Waals surface area (Å²) in [5.41, 5.74) is 4.09. The average Bonchev–Trinajstić information content (AvgIpc) is 2.81. The van der Waals surface area contributed by atoms with E-state index in [1.165, 1.54) is 36.0 Å². The number of benzene rings is 1. The Kier molecular flexibility index (Phi) is 3.88. The summed E-state index contributed by atoms with van der Waals surface area (Å²) in [6.07, 6.45) is 8.14. The van der Waals surface area contributed by atoms with Crippen LogP contribution >= 0.6 is 0 Å². The van der Waals surface area contributed by atoms with Gasteiger partial charge in [-0.3, -0.25) is 4.68 Å². The van der Waals surface area contributed by atoms with E-state index in [0.717, 1.165) is 12.5 Å². The maximum Gasteiger partial charge on any atom is 0.0607 e. The van der Waals surface area contributed by atoms with E-state index in [1.54, 1.807) is 0 Å². The van der Waals surface area contributed by atoms with Crippen LogP contribution in [0.15, 0.2) is 36.7 Å². The average molecular weight is 269 g/mol. The van der Waals surface area contributed by atoms with Gasteiger partial charge in [0.2, 0.25) is 0 Å².